The third kappa shape index (κ3) is 4.41. The van der Waals surface area contributed by atoms with Gasteiger partial charge in [-0.1, -0.05) is 19.1 Å². The predicted molar refractivity (Wildman–Crippen MR) is 98.3 cm³/mol. The molecule has 3 heterocycles. The number of hydrogen-bond donors (Lipinski definition) is 1. The molecule has 1 N–H and O–H groups in total. The van der Waals surface area contributed by atoms with Gasteiger partial charge in [-0.25, -0.2) is 0 Å². The molecule has 0 aromatic carbocycles. The van der Waals surface area contributed by atoms with Crippen LogP contribution in [-0.4, -0.2) is 60.6 Å². The van der Waals surface area contributed by atoms with E-state index in [0.29, 0.717) is 12.1 Å². The van der Waals surface area contributed by atoms with Crippen LogP contribution in [0.3, 0.4) is 0 Å². The molecule has 3 rings (SSSR count). The van der Waals surface area contributed by atoms with E-state index in [0.717, 1.165) is 57.3 Å². The van der Waals surface area contributed by atoms with E-state index in [-0.39, 0.29) is 0 Å². The van der Waals surface area contributed by atoms with Crippen LogP contribution in [-0.2, 0) is 6.42 Å². The molecule has 0 spiro atoms. The molecule has 24 heavy (non-hydrogen) atoms. The lowest BCUT2D eigenvalue weighted by Gasteiger charge is -2.27. The van der Waals surface area contributed by atoms with Gasteiger partial charge in [-0.3, -0.25) is 9.89 Å². The Hall–Kier alpha value is -1.75. The largest absolute Gasteiger partial charge is 0.469 e. The third-order valence-electron chi connectivity index (χ3n) is 5.01. The number of likely N-dealkylation sites (tertiary alicyclic amines) is 1. The molecule has 0 saturated carbocycles. The summed E-state index contributed by atoms with van der Waals surface area (Å²) in [6.45, 7) is 9.55. The van der Waals surface area contributed by atoms with Crippen LogP contribution in [0.1, 0.15) is 32.4 Å². The fourth-order valence-electron chi connectivity index (χ4n) is 3.31. The molecule has 1 aromatic heterocycles. The van der Waals surface area contributed by atoms with Gasteiger partial charge in [0.15, 0.2) is 5.96 Å². The number of furan rings is 1. The van der Waals surface area contributed by atoms with Crippen molar-refractivity contribution in [2.75, 3.05) is 32.7 Å². The molecule has 2 aliphatic heterocycles. The number of nitrogens with zero attached hydrogens (tertiary/aromatic N) is 3. The van der Waals surface area contributed by atoms with Crippen LogP contribution >= 0.6 is 0 Å². The molecule has 0 aliphatic carbocycles. The summed E-state index contributed by atoms with van der Waals surface area (Å²) in [6.07, 6.45) is 9.46. The monoisotopic (exact) mass is 330 g/mol. The fraction of sp³-hybridized carbons (Fsp3) is 0.632. The van der Waals surface area contributed by atoms with Gasteiger partial charge in [0, 0.05) is 51.2 Å². The summed E-state index contributed by atoms with van der Waals surface area (Å²) in [6, 6.07) is 5.05. The van der Waals surface area contributed by atoms with Crippen LogP contribution < -0.4 is 5.32 Å². The summed E-state index contributed by atoms with van der Waals surface area (Å²) < 4.78 is 5.41. The molecule has 0 radical (unpaired) electrons. The first-order valence-electron chi connectivity index (χ1n) is 9.23. The quantitative estimate of drug-likeness (QED) is 0.494. The highest BCUT2D eigenvalue weighted by atomic mass is 16.3. The summed E-state index contributed by atoms with van der Waals surface area (Å²) in [4.78, 5) is 9.85. The second-order valence-corrected chi connectivity index (χ2v) is 6.80. The molecule has 1 aromatic rings. The molecule has 2 atom stereocenters. The SMILES string of the molecule is CCC(C)NC(=NCCc1ccco1)N1CCC(N2CC=CC2)C1. The zero-order valence-corrected chi connectivity index (χ0v) is 14.9. The van der Waals surface area contributed by atoms with Crippen molar-refractivity contribution in [3.63, 3.8) is 0 Å². The van der Waals surface area contributed by atoms with Crippen molar-refractivity contribution in [1.82, 2.24) is 15.1 Å². The van der Waals surface area contributed by atoms with Crippen molar-refractivity contribution < 1.29 is 4.42 Å². The van der Waals surface area contributed by atoms with Crippen LogP contribution in [0.5, 0.6) is 0 Å². The summed E-state index contributed by atoms with van der Waals surface area (Å²) >= 11 is 0. The first-order valence-corrected chi connectivity index (χ1v) is 9.23. The summed E-state index contributed by atoms with van der Waals surface area (Å²) in [5.41, 5.74) is 0. The van der Waals surface area contributed by atoms with Crippen molar-refractivity contribution in [1.29, 1.82) is 0 Å². The van der Waals surface area contributed by atoms with Gasteiger partial charge in [0.25, 0.3) is 0 Å². The van der Waals surface area contributed by atoms with Gasteiger partial charge in [-0.05, 0) is 31.9 Å². The normalized spacial score (nSPS) is 23.2. The highest BCUT2D eigenvalue weighted by Gasteiger charge is 2.29. The Bertz CT molecular complexity index is 544. The zero-order chi connectivity index (χ0) is 16.8. The average molecular weight is 330 g/mol. The zero-order valence-electron chi connectivity index (χ0n) is 14.9. The predicted octanol–water partition coefficient (Wildman–Crippen LogP) is 2.51. The molecule has 1 saturated heterocycles. The van der Waals surface area contributed by atoms with Gasteiger partial charge < -0.3 is 14.6 Å². The maximum absolute atomic E-state index is 5.41. The van der Waals surface area contributed by atoms with Crippen LogP contribution in [0.2, 0.25) is 0 Å². The minimum Gasteiger partial charge on any atom is -0.469 e. The van der Waals surface area contributed by atoms with Gasteiger partial charge in [-0.2, -0.15) is 0 Å². The second kappa shape index (κ2) is 8.38. The van der Waals surface area contributed by atoms with Gasteiger partial charge in [0.1, 0.15) is 5.76 Å². The molecule has 0 amide bonds. The van der Waals surface area contributed by atoms with Crippen molar-refractivity contribution >= 4 is 5.96 Å². The second-order valence-electron chi connectivity index (χ2n) is 6.80. The number of nitrogens with one attached hydrogen (secondary N) is 1. The Labute approximate surface area is 145 Å². The van der Waals surface area contributed by atoms with E-state index in [1.165, 1.54) is 6.42 Å². The van der Waals surface area contributed by atoms with Crippen molar-refractivity contribution in [2.24, 2.45) is 4.99 Å². The molecule has 132 valence electrons. The van der Waals surface area contributed by atoms with Gasteiger partial charge >= 0.3 is 0 Å². The number of guanidine groups is 1. The highest BCUT2D eigenvalue weighted by Crippen LogP contribution is 2.18. The van der Waals surface area contributed by atoms with Gasteiger partial charge in [-0.15, -0.1) is 0 Å². The van der Waals surface area contributed by atoms with E-state index in [2.05, 4.69) is 41.1 Å². The Morgan fingerprint density at radius 3 is 2.96 bits per heavy atom. The van der Waals surface area contributed by atoms with Gasteiger partial charge in [0.05, 0.1) is 6.26 Å². The van der Waals surface area contributed by atoms with E-state index < -0.39 is 0 Å². The van der Waals surface area contributed by atoms with Crippen LogP contribution in [0.4, 0.5) is 0 Å². The number of aliphatic imine (C=N–C) groups is 1. The molecule has 2 unspecified atom stereocenters. The number of rotatable bonds is 6. The van der Waals surface area contributed by atoms with E-state index in [4.69, 9.17) is 9.41 Å². The van der Waals surface area contributed by atoms with E-state index in [9.17, 15) is 0 Å². The Kier molecular flexibility index (Phi) is 5.96. The Morgan fingerprint density at radius 2 is 2.25 bits per heavy atom. The van der Waals surface area contributed by atoms with Gasteiger partial charge in [0.2, 0.25) is 0 Å². The third-order valence-corrected chi connectivity index (χ3v) is 5.01. The van der Waals surface area contributed by atoms with Crippen molar-refractivity contribution in [3.05, 3.63) is 36.3 Å². The summed E-state index contributed by atoms with van der Waals surface area (Å²) in [7, 11) is 0. The average Bonchev–Trinajstić information content (AvgIpc) is 3.34. The van der Waals surface area contributed by atoms with Crippen LogP contribution in [0.25, 0.3) is 0 Å². The number of hydrogen-bond acceptors (Lipinski definition) is 3. The van der Waals surface area contributed by atoms with Crippen molar-refractivity contribution in [2.45, 2.75) is 45.2 Å². The van der Waals surface area contributed by atoms with E-state index >= 15 is 0 Å². The molecule has 0 bridgehead atoms. The molecule has 1 fully saturated rings. The van der Waals surface area contributed by atoms with E-state index in [1.807, 2.05) is 12.1 Å². The Morgan fingerprint density at radius 1 is 1.42 bits per heavy atom. The molecule has 5 heteroatoms. The first kappa shape index (κ1) is 17.1. The topological polar surface area (TPSA) is 44.0 Å². The lowest BCUT2D eigenvalue weighted by molar-refractivity contribution is 0.259. The fourth-order valence-corrected chi connectivity index (χ4v) is 3.31. The summed E-state index contributed by atoms with van der Waals surface area (Å²) in [5, 5.41) is 3.61. The lowest BCUT2D eigenvalue weighted by atomic mass is 10.2. The Balaban J connectivity index is 1.58. The smallest absolute Gasteiger partial charge is 0.194 e. The highest BCUT2D eigenvalue weighted by molar-refractivity contribution is 5.80. The van der Waals surface area contributed by atoms with Crippen LogP contribution in [0, 0.1) is 0 Å². The minimum absolute atomic E-state index is 0.444. The molecule has 2 aliphatic rings. The molecular formula is C19H30N4O. The molecular weight excluding hydrogens is 300 g/mol. The van der Waals surface area contributed by atoms with Crippen LogP contribution in [0.15, 0.2) is 40.0 Å². The lowest BCUT2D eigenvalue weighted by Crippen LogP contribution is -2.45. The standard InChI is InChI=1S/C19H30N4O/c1-3-16(2)21-19(20-10-8-18-7-6-14-24-18)23-13-9-17(15-23)22-11-4-5-12-22/h4-7,14,16-17H,3,8-13,15H2,1-2H3,(H,20,21). The maximum atomic E-state index is 5.41. The first-order chi connectivity index (χ1) is 11.8. The van der Waals surface area contributed by atoms with Crippen molar-refractivity contribution in [3.8, 4) is 0 Å². The minimum atomic E-state index is 0.444. The maximum Gasteiger partial charge on any atom is 0.194 e. The molecule has 5 nitrogen and oxygen atoms in total. The summed E-state index contributed by atoms with van der Waals surface area (Å²) in [5.74, 6) is 2.06. The van der Waals surface area contributed by atoms with E-state index in [1.54, 1.807) is 6.26 Å².